The molecule has 0 saturated heterocycles. The zero-order valence-corrected chi connectivity index (χ0v) is 11.6. The molecule has 0 aliphatic rings. The number of hydrogen-bond acceptors (Lipinski definition) is 2. The van der Waals surface area contributed by atoms with Crippen molar-refractivity contribution >= 4 is 36.2 Å². The molecule has 0 atom stereocenters. The molecule has 0 bridgehead atoms. The molecule has 0 saturated carbocycles. The van der Waals surface area contributed by atoms with Gasteiger partial charge < -0.3 is 0 Å². The summed E-state index contributed by atoms with van der Waals surface area (Å²) >= 11 is 5.85. The van der Waals surface area contributed by atoms with E-state index >= 15 is 0 Å². The van der Waals surface area contributed by atoms with Gasteiger partial charge in [-0.05, 0) is 0 Å². The van der Waals surface area contributed by atoms with Gasteiger partial charge in [-0.25, -0.2) is 0 Å². The van der Waals surface area contributed by atoms with Gasteiger partial charge in [0.2, 0.25) is 0 Å². The second-order valence-corrected chi connectivity index (χ2v) is 13.6. The van der Waals surface area contributed by atoms with Crippen LogP contribution in [0.25, 0.3) is 0 Å². The van der Waals surface area contributed by atoms with Gasteiger partial charge in [0.05, 0.1) is 0 Å². The average molecular weight is 307 g/mol. The molecule has 0 aromatic carbocycles. The molecule has 0 N–H and O–H groups in total. The van der Waals surface area contributed by atoms with E-state index < -0.39 is 5.10 Å². The molecule has 0 aromatic heterocycles. The Morgan fingerprint density at radius 1 is 1.09 bits per heavy atom. The van der Waals surface area contributed by atoms with Gasteiger partial charge in [0, 0.05) is 0 Å². The molecule has 0 aliphatic heterocycles. The summed E-state index contributed by atoms with van der Waals surface area (Å²) in [6.07, 6.45) is 0.397. The SMILES string of the molecule is CC(C)O[P+]([Se])([Se-])OC(C)C. The molecule has 0 spiro atoms. The second-order valence-electron chi connectivity index (χ2n) is 2.76. The third kappa shape index (κ3) is 7.74. The van der Waals surface area contributed by atoms with E-state index in [1.807, 2.05) is 27.7 Å². The van der Waals surface area contributed by atoms with E-state index in [1.165, 1.54) is 0 Å². The van der Waals surface area contributed by atoms with Crippen LogP contribution < -0.4 is 0 Å². The molecule has 0 unspecified atom stereocenters. The quantitative estimate of drug-likeness (QED) is 0.583. The Balaban J connectivity index is 3.79. The van der Waals surface area contributed by atoms with Gasteiger partial charge in [-0.2, -0.15) is 0 Å². The zero-order valence-electron chi connectivity index (χ0n) is 7.23. The number of rotatable bonds is 4. The first-order valence-corrected chi connectivity index (χ1v) is 9.57. The van der Waals surface area contributed by atoms with E-state index in [2.05, 4.69) is 31.1 Å². The van der Waals surface area contributed by atoms with Gasteiger partial charge in [-0.15, -0.1) is 0 Å². The molecule has 0 aliphatic carbocycles. The van der Waals surface area contributed by atoms with Crippen LogP contribution in [-0.4, -0.2) is 43.3 Å². The molecule has 0 heterocycles. The summed E-state index contributed by atoms with van der Waals surface area (Å²) in [5.41, 5.74) is 0. The average Bonchev–Trinajstić information content (AvgIpc) is 1.53. The zero-order chi connectivity index (χ0) is 9.07. The van der Waals surface area contributed by atoms with E-state index in [1.54, 1.807) is 0 Å². The van der Waals surface area contributed by atoms with Crippen molar-refractivity contribution in [2.24, 2.45) is 0 Å². The molecular weight excluding hydrogens is 293 g/mol. The predicted octanol–water partition coefficient (Wildman–Crippen LogP) is 1.85. The van der Waals surface area contributed by atoms with E-state index in [4.69, 9.17) is 9.05 Å². The fourth-order valence-electron chi connectivity index (χ4n) is 0.541. The predicted molar refractivity (Wildman–Crippen MR) is 50.9 cm³/mol. The third-order valence-electron chi connectivity index (χ3n) is 0.680. The molecule has 67 valence electrons. The summed E-state index contributed by atoms with van der Waals surface area (Å²) in [7, 11) is 0. The first-order chi connectivity index (χ1) is 4.83. The summed E-state index contributed by atoms with van der Waals surface area (Å²) in [6, 6.07) is 0. The van der Waals surface area contributed by atoms with Gasteiger partial charge in [0.25, 0.3) is 0 Å². The van der Waals surface area contributed by atoms with Crippen LogP contribution >= 0.6 is 5.10 Å². The van der Waals surface area contributed by atoms with Crippen LogP contribution in [-0.2, 0) is 9.05 Å². The fraction of sp³-hybridized carbons (Fsp3) is 1.00. The topological polar surface area (TPSA) is 18.5 Å². The van der Waals surface area contributed by atoms with E-state index in [0.29, 0.717) is 0 Å². The standard InChI is InChI=1S/C6H14O2PSe2/c1-5(2)7-9(10,11)8-6(3)4/h5-6H,1-4H3. The second kappa shape index (κ2) is 5.19. The van der Waals surface area contributed by atoms with Crippen LogP contribution in [0, 0.1) is 0 Å². The van der Waals surface area contributed by atoms with Crippen molar-refractivity contribution in [3.05, 3.63) is 0 Å². The third-order valence-corrected chi connectivity index (χ3v) is 4.21. The molecule has 0 rings (SSSR count). The van der Waals surface area contributed by atoms with Crippen molar-refractivity contribution in [3.63, 3.8) is 0 Å². The number of hydrogen-bond donors (Lipinski definition) is 0. The Hall–Kier alpha value is 1.39. The van der Waals surface area contributed by atoms with Crippen LogP contribution in [0.1, 0.15) is 27.7 Å². The van der Waals surface area contributed by atoms with Gasteiger partial charge in [0.1, 0.15) is 0 Å². The first kappa shape index (κ1) is 12.4. The summed E-state index contributed by atoms with van der Waals surface area (Å²) in [4.78, 5) is 0. The Labute approximate surface area is 85.1 Å². The van der Waals surface area contributed by atoms with Gasteiger partial charge in [-0.3, -0.25) is 0 Å². The first-order valence-electron chi connectivity index (χ1n) is 3.51. The molecule has 0 aromatic rings. The van der Waals surface area contributed by atoms with E-state index in [0.717, 1.165) is 0 Å². The summed E-state index contributed by atoms with van der Waals surface area (Å²) in [5, 5.41) is -1.80. The molecule has 5 heteroatoms. The minimum absolute atomic E-state index is 0.199. The van der Waals surface area contributed by atoms with Crippen molar-refractivity contribution in [1.82, 2.24) is 0 Å². The van der Waals surface area contributed by atoms with Crippen LogP contribution in [0.15, 0.2) is 0 Å². The van der Waals surface area contributed by atoms with Gasteiger partial charge in [0.15, 0.2) is 0 Å². The van der Waals surface area contributed by atoms with Crippen molar-refractivity contribution in [2.45, 2.75) is 39.9 Å². The minimum atomic E-state index is -1.80. The summed E-state index contributed by atoms with van der Waals surface area (Å²) in [5.74, 6) is 0. The Kier molecular flexibility index (Phi) is 5.85. The van der Waals surface area contributed by atoms with Crippen LogP contribution in [0.3, 0.4) is 0 Å². The van der Waals surface area contributed by atoms with Crippen molar-refractivity contribution in [1.29, 1.82) is 0 Å². The van der Waals surface area contributed by atoms with Crippen LogP contribution in [0.5, 0.6) is 0 Å². The molecule has 1 radical (unpaired) electrons. The van der Waals surface area contributed by atoms with Crippen molar-refractivity contribution in [2.75, 3.05) is 0 Å². The Morgan fingerprint density at radius 3 is 1.55 bits per heavy atom. The fourth-order valence-corrected chi connectivity index (χ4v) is 5.96. The van der Waals surface area contributed by atoms with Gasteiger partial charge in [-0.1, -0.05) is 0 Å². The Bertz CT molecular complexity index is 105. The molecule has 2 nitrogen and oxygen atoms in total. The van der Waals surface area contributed by atoms with E-state index in [-0.39, 0.29) is 12.2 Å². The molecule has 0 amide bonds. The van der Waals surface area contributed by atoms with Crippen molar-refractivity contribution in [3.8, 4) is 0 Å². The Morgan fingerprint density at radius 2 is 1.36 bits per heavy atom. The summed E-state index contributed by atoms with van der Waals surface area (Å²) < 4.78 is 11.1. The summed E-state index contributed by atoms with van der Waals surface area (Å²) in [6.45, 7) is 7.97. The van der Waals surface area contributed by atoms with Gasteiger partial charge >= 0.3 is 85.2 Å². The maximum atomic E-state index is 5.53. The van der Waals surface area contributed by atoms with Crippen LogP contribution in [0.4, 0.5) is 0 Å². The normalized spacial score (nSPS) is 13.1. The molecular formula is C6H14O2PSe2. The monoisotopic (exact) mass is 309 g/mol. The van der Waals surface area contributed by atoms with E-state index in [9.17, 15) is 0 Å². The van der Waals surface area contributed by atoms with Crippen molar-refractivity contribution < 1.29 is 9.05 Å². The maximum absolute atomic E-state index is 5.53. The van der Waals surface area contributed by atoms with Crippen LogP contribution in [0.2, 0.25) is 0 Å². The molecule has 0 fully saturated rings. The molecule has 11 heavy (non-hydrogen) atoms.